The molecule has 2 rings (SSSR count). The van der Waals surface area contributed by atoms with Crippen molar-refractivity contribution >= 4 is 17.5 Å². The standard InChI is InChI=1S/C17H26N4O2/c1-3-21(4-2)12-11-18-9-6-10-19-14-8-5-7-13-15(14)17(23)20-16(13)22/h5,7-8,18-19H,3-4,6,9-12H2,1-2H3,(H,20,22,23). The lowest BCUT2D eigenvalue weighted by Crippen LogP contribution is -2.32. The SMILES string of the molecule is CCN(CC)CCNCCCNc1cccc2c1C(=O)NC2=O. The third-order valence-corrected chi connectivity index (χ3v) is 4.11. The van der Waals surface area contributed by atoms with Crippen LogP contribution in [0.5, 0.6) is 0 Å². The van der Waals surface area contributed by atoms with Crippen molar-refractivity contribution in [2.75, 3.05) is 44.6 Å². The first kappa shape index (κ1) is 17.4. The van der Waals surface area contributed by atoms with Crippen LogP contribution in [0.2, 0.25) is 0 Å². The smallest absolute Gasteiger partial charge is 0.261 e. The van der Waals surface area contributed by atoms with Crippen LogP contribution in [0.3, 0.4) is 0 Å². The van der Waals surface area contributed by atoms with Crippen LogP contribution < -0.4 is 16.0 Å². The van der Waals surface area contributed by atoms with Crippen molar-refractivity contribution in [1.82, 2.24) is 15.5 Å². The number of benzene rings is 1. The van der Waals surface area contributed by atoms with Gasteiger partial charge in [0.05, 0.1) is 11.1 Å². The summed E-state index contributed by atoms with van der Waals surface area (Å²) in [7, 11) is 0. The monoisotopic (exact) mass is 318 g/mol. The third kappa shape index (κ3) is 4.53. The van der Waals surface area contributed by atoms with Crippen LogP contribution in [-0.4, -0.2) is 56.0 Å². The molecule has 126 valence electrons. The number of hydrogen-bond acceptors (Lipinski definition) is 5. The number of likely N-dealkylation sites (N-methyl/N-ethyl adjacent to an activating group) is 1. The Hall–Kier alpha value is -1.92. The molecule has 0 fully saturated rings. The average Bonchev–Trinajstić information content (AvgIpc) is 2.85. The van der Waals surface area contributed by atoms with E-state index >= 15 is 0 Å². The second kappa shape index (κ2) is 8.64. The minimum absolute atomic E-state index is 0.313. The molecular formula is C17H26N4O2. The Morgan fingerprint density at radius 2 is 1.83 bits per heavy atom. The highest BCUT2D eigenvalue weighted by Gasteiger charge is 2.28. The van der Waals surface area contributed by atoms with E-state index in [0.717, 1.165) is 51.4 Å². The number of imide groups is 1. The van der Waals surface area contributed by atoms with Gasteiger partial charge in [-0.1, -0.05) is 19.9 Å². The van der Waals surface area contributed by atoms with Crippen molar-refractivity contribution in [2.24, 2.45) is 0 Å². The fourth-order valence-electron chi connectivity index (χ4n) is 2.70. The lowest BCUT2D eigenvalue weighted by Gasteiger charge is -2.18. The van der Waals surface area contributed by atoms with Crippen LogP contribution in [0.15, 0.2) is 18.2 Å². The quantitative estimate of drug-likeness (QED) is 0.448. The molecular weight excluding hydrogens is 292 g/mol. The number of amides is 2. The molecule has 0 saturated carbocycles. The molecule has 23 heavy (non-hydrogen) atoms. The van der Waals surface area contributed by atoms with Crippen molar-refractivity contribution < 1.29 is 9.59 Å². The molecule has 0 radical (unpaired) electrons. The zero-order chi connectivity index (χ0) is 16.7. The molecule has 0 bridgehead atoms. The fourth-order valence-corrected chi connectivity index (χ4v) is 2.70. The molecule has 6 nitrogen and oxygen atoms in total. The lowest BCUT2D eigenvalue weighted by molar-refractivity contribution is 0.0880. The molecule has 1 aromatic rings. The van der Waals surface area contributed by atoms with E-state index in [-0.39, 0.29) is 11.8 Å². The van der Waals surface area contributed by atoms with Crippen LogP contribution in [0.4, 0.5) is 5.69 Å². The van der Waals surface area contributed by atoms with Gasteiger partial charge in [-0.25, -0.2) is 0 Å². The molecule has 3 N–H and O–H groups in total. The molecule has 2 amide bonds. The highest BCUT2D eigenvalue weighted by atomic mass is 16.2. The van der Waals surface area contributed by atoms with Gasteiger partial charge in [0.25, 0.3) is 11.8 Å². The van der Waals surface area contributed by atoms with E-state index in [4.69, 9.17) is 0 Å². The summed E-state index contributed by atoms with van der Waals surface area (Å²) >= 11 is 0. The first-order valence-corrected chi connectivity index (χ1v) is 8.33. The average molecular weight is 318 g/mol. The zero-order valence-corrected chi connectivity index (χ0v) is 13.9. The van der Waals surface area contributed by atoms with Gasteiger partial charge in [0.15, 0.2) is 0 Å². The third-order valence-electron chi connectivity index (χ3n) is 4.11. The van der Waals surface area contributed by atoms with Gasteiger partial charge in [0.1, 0.15) is 0 Å². The summed E-state index contributed by atoms with van der Waals surface area (Å²) in [4.78, 5) is 25.8. The molecule has 0 unspecified atom stereocenters. The van der Waals surface area contributed by atoms with Gasteiger partial charge < -0.3 is 15.5 Å². The molecule has 1 aromatic carbocycles. The van der Waals surface area contributed by atoms with Crippen molar-refractivity contribution in [1.29, 1.82) is 0 Å². The summed E-state index contributed by atoms with van der Waals surface area (Å²) in [5, 5.41) is 9.01. The van der Waals surface area contributed by atoms with E-state index < -0.39 is 0 Å². The van der Waals surface area contributed by atoms with E-state index in [2.05, 4.69) is 34.7 Å². The number of anilines is 1. The Kier molecular flexibility index (Phi) is 6.55. The Bertz CT molecular complexity index is 556. The normalized spacial score (nSPS) is 13.3. The van der Waals surface area contributed by atoms with E-state index in [1.807, 2.05) is 6.07 Å². The molecule has 0 saturated heterocycles. The number of hydrogen-bond donors (Lipinski definition) is 3. The van der Waals surface area contributed by atoms with Crippen molar-refractivity contribution in [2.45, 2.75) is 20.3 Å². The molecule has 0 atom stereocenters. The number of rotatable bonds is 10. The molecule has 1 aliphatic rings. The number of carbonyl (C=O) groups is 2. The van der Waals surface area contributed by atoms with Crippen LogP contribution in [0.1, 0.15) is 41.0 Å². The predicted molar refractivity (Wildman–Crippen MR) is 92.0 cm³/mol. The topological polar surface area (TPSA) is 73.5 Å². The Balaban J connectivity index is 1.70. The van der Waals surface area contributed by atoms with Crippen LogP contribution in [0.25, 0.3) is 0 Å². The number of carbonyl (C=O) groups excluding carboxylic acids is 2. The van der Waals surface area contributed by atoms with Crippen molar-refractivity contribution in [3.8, 4) is 0 Å². The van der Waals surface area contributed by atoms with Crippen LogP contribution in [0, 0.1) is 0 Å². The van der Waals surface area contributed by atoms with E-state index in [0.29, 0.717) is 11.1 Å². The minimum Gasteiger partial charge on any atom is -0.384 e. The summed E-state index contributed by atoms with van der Waals surface area (Å²) in [5.41, 5.74) is 1.65. The number of fused-ring (bicyclic) bond motifs is 1. The first-order chi connectivity index (χ1) is 11.2. The van der Waals surface area contributed by atoms with E-state index in [1.54, 1.807) is 12.1 Å². The summed E-state index contributed by atoms with van der Waals surface area (Å²) in [6.45, 7) is 10.2. The van der Waals surface area contributed by atoms with Crippen molar-refractivity contribution in [3.05, 3.63) is 29.3 Å². The maximum absolute atomic E-state index is 11.8. The Morgan fingerprint density at radius 1 is 1.04 bits per heavy atom. The van der Waals surface area contributed by atoms with Crippen LogP contribution in [-0.2, 0) is 0 Å². The number of nitrogens with one attached hydrogen (secondary N) is 3. The lowest BCUT2D eigenvalue weighted by atomic mass is 10.1. The molecule has 1 aliphatic heterocycles. The minimum atomic E-state index is -0.314. The summed E-state index contributed by atoms with van der Waals surface area (Å²) < 4.78 is 0. The maximum Gasteiger partial charge on any atom is 0.261 e. The van der Waals surface area contributed by atoms with E-state index in [1.165, 1.54) is 0 Å². The van der Waals surface area contributed by atoms with Gasteiger partial charge in [0.2, 0.25) is 0 Å². The second-order valence-corrected chi connectivity index (χ2v) is 5.57. The molecule has 6 heteroatoms. The maximum atomic E-state index is 11.8. The summed E-state index contributed by atoms with van der Waals surface area (Å²) in [5.74, 6) is -0.628. The second-order valence-electron chi connectivity index (χ2n) is 5.57. The van der Waals surface area contributed by atoms with Gasteiger partial charge in [-0.05, 0) is 38.2 Å². The van der Waals surface area contributed by atoms with Gasteiger partial charge in [-0.15, -0.1) is 0 Å². The molecule has 0 aliphatic carbocycles. The highest BCUT2D eigenvalue weighted by molar-refractivity contribution is 6.23. The predicted octanol–water partition coefficient (Wildman–Crippen LogP) is 1.30. The van der Waals surface area contributed by atoms with Gasteiger partial charge in [-0.2, -0.15) is 0 Å². The Morgan fingerprint density at radius 3 is 2.57 bits per heavy atom. The highest BCUT2D eigenvalue weighted by Crippen LogP contribution is 2.24. The van der Waals surface area contributed by atoms with Gasteiger partial charge in [-0.3, -0.25) is 14.9 Å². The Labute approximate surface area is 137 Å². The van der Waals surface area contributed by atoms with Crippen LogP contribution >= 0.6 is 0 Å². The largest absolute Gasteiger partial charge is 0.384 e. The first-order valence-electron chi connectivity index (χ1n) is 8.33. The molecule has 0 spiro atoms. The molecule has 0 aromatic heterocycles. The van der Waals surface area contributed by atoms with Crippen molar-refractivity contribution in [3.63, 3.8) is 0 Å². The fraction of sp³-hybridized carbons (Fsp3) is 0.529. The van der Waals surface area contributed by atoms with Gasteiger partial charge in [0, 0.05) is 25.3 Å². The summed E-state index contributed by atoms with van der Waals surface area (Å²) in [6, 6.07) is 5.31. The zero-order valence-electron chi connectivity index (χ0n) is 13.9. The van der Waals surface area contributed by atoms with E-state index in [9.17, 15) is 9.59 Å². The van der Waals surface area contributed by atoms with Gasteiger partial charge >= 0.3 is 0 Å². The summed E-state index contributed by atoms with van der Waals surface area (Å²) in [6.07, 6.45) is 0.956. The molecule has 1 heterocycles. The number of nitrogens with zero attached hydrogens (tertiary/aromatic N) is 1.